The molecule has 0 saturated carbocycles. The summed E-state index contributed by atoms with van der Waals surface area (Å²) >= 11 is 0. The van der Waals surface area contributed by atoms with E-state index in [0.717, 1.165) is 39.3 Å². The molecule has 2 rings (SSSR count). The number of hydrogen-bond donors (Lipinski definition) is 2. The number of nitrogens with two attached hydrogens (primary N) is 1. The highest BCUT2D eigenvalue weighted by atomic mass is 16.3. The summed E-state index contributed by atoms with van der Waals surface area (Å²) in [6.07, 6.45) is 1.46. The van der Waals surface area contributed by atoms with Gasteiger partial charge in [-0.3, -0.25) is 4.79 Å². The topological polar surface area (TPSA) is 74.7 Å². The fourth-order valence-electron chi connectivity index (χ4n) is 2.77. The average molecular weight is 308 g/mol. The summed E-state index contributed by atoms with van der Waals surface area (Å²) in [4.78, 5) is 17.0. The van der Waals surface area contributed by atoms with Gasteiger partial charge >= 0.3 is 0 Å². The molecule has 124 valence electrons. The molecule has 0 spiro atoms. The molecule has 6 nitrogen and oxygen atoms in total. The summed E-state index contributed by atoms with van der Waals surface area (Å²) in [5.41, 5.74) is 6.02. The number of hydrogen-bond acceptors (Lipinski definition) is 5. The van der Waals surface area contributed by atoms with E-state index in [2.05, 4.69) is 29.0 Å². The van der Waals surface area contributed by atoms with Crippen molar-refractivity contribution in [3.05, 3.63) is 23.7 Å². The van der Waals surface area contributed by atoms with E-state index in [9.17, 15) is 4.79 Å². The average Bonchev–Trinajstić information content (AvgIpc) is 3.02. The van der Waals surface area contributed by atoms with Gasteiger partial charge in [0, 0.05) is 39.3 Å². The molecule has 1 atom stereocenters. The number of piperazine rings is 1. The molecular formula is C16H28N4O2. The maximum atomic E-state index is 12.0. The van der Waals surface area contributed by atoms with Gasteiger partial charge in [0.05, 0.1) is 12.1 Å². The minimum atomic E-state index is -0.0916. The zero-order chi connectivity index (χ0) is 15.9. The zero-order valence-corrected chi connectivity index (χ0v) is 13.7. The molecule has 1 fully saturated rings. The van der Waals surface area contributed by atoms with Crippen LogP contribution >= 0.6 is 0 Å². The maximum absolute atomic E-state index is 12.0. The van der Waals surface area contributed by atoms with E-state index < -0.39 is 0 Å². The lowest BCUT2D eigenvalue weighted by Gasteiger charge is -2.35. The number of carbonyl (C=O) groups is 1. The maximum Gasteiger partial charge on any atom is 0.254 e. The van der Waals surface area contributed by atoms with E-state index in [4.69, 9.17) is 10.2 Å². The predicted molar refractivity (Wildman–Crippen MR) is 86.7 cm³/mol. The monoisotopic (exact) mass is 308 g/mol. The molecule has 0 aliphatic carbocycles. The van der Waals surface area contributed by atoms with Crippen LogP contribution in [0.15, 0.2) is 16.7 Å². The molecule has 1 aromatic rings. The summed E-state index contributed by atoms with van der Waals surface area (Å²) in [5, 5.41) is 2.97. The molecule has 0 bridgehead atoms. The van der Waals surface area contributed by atoms with Gasteiger partial charge in [0.2, 0.25) is 0 Å². The Balaban J connectivity index is 1.69. The Morgan fingerprint density at radius 1 is 1.36 bits per heavy atom. The Hall–Kier alpha value is -1.37. The minimum Gasteiger partial charge on any atom is -0.467 e. The van der Waals surface area contributed by atoms with Gasteiger partial charge in [0.15, 0.2) is 0 Å². The van der Waals surface area contributed by atoms with Crippen LogP contribution < -0.4 is 11.1 Å². The molecule has 6 heteroatoms. The van der Waals surface area contributed by atoms with E-state index >= 15 is 0 Å². The third kappa shape index (κ3) is 4.83. The Kier molecular flexibility index (Phi) is 6.42. The lowest BCUT2D eigenvalue weighted by Crippen LogP contribution is -2.48. The van der Waals surface area contributed by atoms with Crippen LogP contribution in [0.3, 0.4) is 0 Å². The van der Waals surface area contributed by atoms with Crippen LogP contribution in [0.4, 0.5) is 0 Å². The van der Waals surface area contributed by atoms with E-state index in [1.807, 2.05) is 0 Å². The van der Waals surface area contributed by atoms with Crippen LogP contribution in [0.5, 0.6) is 0 Å². The SMILES string of the molecule is CCN1CCN(CC(C)CNC(=O)c2coc(CN)c2)CC1. The summed E-state index contributed by atoms with van der Waals surface area (Å²) in [6, 6.07) is 1.70. The van der Waals surface area contributed by atoms with Crippen LogP contribution in [-0.4, -0.2) is 61.5 Å². The lowest BCUT2D eigenvalue weighted by molar-refractivity contribution is 0.0933. The van der Waals surface area contributed by atoms with Crippen molar-refractivity contribution in [2.45, 2.75) is 20.4 Å². The molecule has 1 aromatic heterocycles. The molecule has 1 amide bonds. The summed E-state index contributed by atoms with van der Waals surface area (Å²) < 4.78 is 5.19. The number of carbonyl (C=O) groups excluding carboxylic acids is 1. The quantitative estimate of drug-likeness (QED) is 0.777. The smallest absolute Gasteiger partial charge is 0.254 e. The van der Waals surface area contributed by atoms with Crippen molar-refractivity contribution in [2.75, 3.05) is 45.8 Å². The van der Waals surface area contributed by atoms with Crippen molar-refractivity contribution >= 4 is 5.91 Å². The van der Waals surface area contributed by atoms with E-state index in [1.54, 1.807) is 6.07 Å². The zero-order valence-electron chi connectivity index (χ0n) is 13.7. The second kappa shape index (κ2) is 8.31. The first-order valence-corrected chi connectivity index (χ1v) is 8.12. The Bertz CT molecular complexity index is 466. The molecule has 1 aliphatic heterocycles. The van der Waals surface area contributed by atoms with Crippen LogP contribution in [0.25, 0.3) is 0 Å². The van der Waals surface area contributed by atoms with Gasteiger partial charge < -0.3 is 25.3 Å². The highest BCUT2D eigenvalue weighted by Gasteiger charge is 2.18. The standard InChI is InChI=1S/C16H28N4O2/c1-3-19-4-6-20(7-5-19)11-13(2)10-18-16(21)14-8-15(9-17)22-12-14/h8,12-13H,3-7,9-11,17H2,1-2H3,(H,18,21). The Morgan fingerprint density at radius 3 is 2.64 bits per heavy atom. The summed E-state index contributed by atoms with van der Waals surface area (Å²) in [7, 11) is 0. The van der Waals surface area contributed by atoms with Gasteiger partial charge in [0.25, 0.3) is 5.91 Å². The van der Waals surface area contributed by atoms with Crippen molar-refractivity contribution in [2.24, 2.45) is 11.7 Å². The predicted octanol–water partition coefficient (Wildman–Crippen LogP) is 0.742. The van der Waals surface area contributed by atoms with Gasteiger partial charge in [-0.15, -0.1) is 0 Å². The fraction of sp³-hybridized carbons (Fsp3) is 0.688. The summed E-state index contributed by atoms with van der Waals surface area (Å²) in [5.74, 6) is 0.969. The van der Waals surface area contributed by atoms with Crippen LogP contribution in [-0.2, 0) is 6.54 Å². The largest absolute Gasteiger partial charge is 0.467 e. The van der Waals surface area contributed by atoms with Crippen molar-refractivity contribution in [1.82, 2.24) is 15.1 Å². The highest BCUT2D eigenvalue weighted by molar-refractivity contribution is 5.93. The number of nitrogens with one attached hydrogen (secondary N) is 1. The number of rotatable bonds is 7. The highest BCUT2D eigenvalue weighted by Crippen LogP contribution is 2.08. The van der Waals surface area contributed by atoms with Gasteiger partial charge in [-0.25, -0.2) is 0 Å². The molecule has 2 heterocycles. The molecule has 22 heavy (non-hydrogen) atoms. The van der Waals surface area contributed by atoms with Gasteiger partial charge in [0.1, 0.15) is 12.0 Å². The number of nitrogens with zero attached hydrogens (tertiary/aromatic N) is 2. The number of furan rings is 1. The normalized spacial score (nSPS) is 18.3. The summed E-state index contributed by atoms with van der Waals surface area (Å²) in [6.45, 7) is 12.1. The van der Waals surface area contributed by atoms with E-state index in [0.29, 0.717) is 30.3 Å². The first-order valence-electron chi connectivity index (χ1n) is 8.12. The molecule has 1 unspecified atom stereocenters. The van der Waals surface area contributed by atoms with Crippen molar-refractivity contribution in [3.8, 4) is 0 Å². The second-order valence-corrected chi connectivity index (χ2v) is 6.06. The first-order chi connectivity index (χ1) is 10.6. The van der Waals surface area contributed by atoms with Crippen molar-refractivity contribution in [3.63, 3.8) is 0 Å². The molecule has 0 radical (unpaired) electrons. The van der Waals surface area contributed by atoms with E-state index in [1.165, 1.54) is 6.26 Å². The molecule has 1 aliphatic rings. The van der Waals surface area contributed by atoms with Crippen LogP contribution in [0.2, 0.25) is 0 Å². The van der Waals surface area contributed by atoms with Gasteiger partial charge in [-0.2, -0.15) is 0 Å². The molecule has 0 aromatic carbocycles. The third-order valence-electron chi connectivity index (χ3n) is 4.21. The lowest BCUT2D eigenvalue weighted by atomic mass is 10.1. The molecule has 1 saturated heterocycles. The van der Waals surface area contributed by atoms with Crippen LogP contribution in [0.1, 0.15) is 30.0 Å². The minimum absolute atomic E-state index is 0.0916. The van der Waals surface area contributed by atoms with Crippen molar-refractivity contribution < 1.29 is 9.21 Å². The first kappa shape index (κ1) is 17.0. The van der Waals surface area contributed by atoms with Crippen LogP contribution in [0, 0.1) is 5.92 Å². The number of likely N-dealkylation sites (N-methyl/N-ethyl adjacent to an activating group) is 1. The Labute approximate surface area is 132 Å². The number of amides is 1. The van der Waals surface area contributed by atoms with E-state index in [-0.39, 0.29) is 5.91 Å². The van der Waals surface area contributed by atoms with Crippen molar-refractivity contribution in [1.29, 1.82) is 0 Å². The molecule has 3 N–H and O–H groups in total. The second-order valence-electron chi connectivity index (χ2n) is 6.06. The molecular weight excluding hydrogens is 280 g/mol. The van der Waals surface area contributed by atoms with Gasteiger partial charge in [-0.05, 0) is 18.5 Å². The third-order valence-corrected chi connectivity index (χ3v) is 4.21. The van der Waals surface area contributed by atoms with Gasteiger partial charge in [-0.1, -0.05) is 13.8 Å². The Morgan fingerprint density at radius 2 is 2.05 bits per heavy atom. The fourth-order valence-corrected chi connectivity index (χ4v) is 2.77.